The van der Waals surface area contributed by atoms with Gasteiger partial charge < -0.3 is 0 Å². The molecule has 0 N–H and O–H groups in total. The molecule has 1 heteroatoms. The zero-order valence-corrected chi connectivity index (χ0v) is 6.75. The fourth-order valence-corrected chi connectivity index (χ4v) is 1.06. The normalized spacial score (nSPS) is 8.50. The molecule has 0 aliphatic rings. The van der Waals surface area contributed by atoms with E-state index in [1.807, 2.05) is 24.3 Å². The molecule has 0 aromatic heterocycles. The maximum atomic E-state index is 8.45. The smallest absolute Gasteiger partial charge is 0.0669 e. The lowest BCUT2D eigenvalue weighted by Gasteiger charge is -1.97. The van der Waals surface area contributed by atoms with Gasteiger partial charge in [0.05, 0.1) is 12.5 Å². The van der Waals surface area contributed by atoms with Gasteiger partial charge in [0.15, 0.2) is 0 Å². The number of hydrogen-bond donors (Lipinski definition) is 0. The van der Waals surface area contributed by atoms with Crippen molar-refractivity contribution in [3.63, 3.8) is 0 Å². The van der Waals surface area contributed by atoms with E-state index in [-0.39, 0.29) is 0 Å². The molecule has 0 fully saturated rings. The lowest BCUT2D eigenvalue weighted by Crippen LogP contribution is -1.85. The van der Waals surface area contributed by atoms with Gasteiger partial charge in [0, 0.05) is 6.42 Å². The van der Waals surface area contributed by atoms with Crippen molar-refractivity contribution in [1.82, 2.24) is 0 Å². The topological polar surface area (TPSA) is 23.8 Å². The highest BCUT2D eigenvalue weighted by molar-refractivity contribution is 5.27. The Morgan fingerprint density at radius 3 is 2.50 bits per heavy atom. The largest absolute Gasteiger partial charge is 0.198 e. The molecule has 0 saturated carbocycles. The molecule has 0 heterocycles. The molecule has 0 radical (unpaired) electrons. The molecule has 0 unspecified atom stereocenters. The van der Waals surface area contributed by atoms with E-state index in [2.05, 4.69) is 12.0 Å². The van der Waals surface area contributed by atoms with Crippen LogP contribution in [0.15, 0.2) is 24.3 Å². The van der Waals surface area contributed by atoms with Crippen LogP contribution >= 0.6 is 0 Å². The van der Waals surface area contributed by atoms with E-state index in [1.165, 1.54) is 0 Å². The summed E-state index contributed by atoms with van der Waals surface area (Å²) in [7, 11) is 0. The lowest BCUT2D eigenvalue weighted by atomic mass is 10.1. The molecule has 0 spiro atoms. The van der Waals surface area contributed by atoms with Crippen molar-refractivity contribution in [1.29, 1.82) is 5.26 Å². The summed E-state index contributed by atoms with van der Waals surface area (Å²) in [4.78, 5) is 0. The van der Waals surface area contributed by atoms with Crippen LogP contribution in [0.2, 0.25) is 0 Å². The molecular weight excluding hydrogens is 146 g/mol. The average molecular weight is 155 g/mol. The Kier molecular flexibility index (Phi) is 2.94. The second-order valence-corrected chi connectivity index (χ2v) is 2.54. The molecule has 1 nitrogen and oxygen atoms in total. The SMILES string of the molecule is C#CCc1cccc(CC#N)c1. The van der Waals surface area contributed by atoms with Gasteiger partial charge in [-0.25, -0.2) is 0 Å². The van der Waals surface area contributed by atoms with Crippen LogP contribution in [0.1, 0.15) is 11.1 Å². The van der Waals surface area contributed by atoms with E-state index in [9.17, 15) is 0 Å². The minimum Gasteiger partial charge on any atom is -0.198 e. The van der Waals surface area contributed by atoms with E-state index < -0.39 is 0 Å². The van der Waals surface area contributed by atoms with Crippen molar-refractivity contribution >= 4 is 0 Å². The van der Waals surface area contributed by atoms with E-state index in [0.29, 0.717) is 12.8 Å². The summed E-state index contributed by atoms with van der Waals surface area (Å²) in [5.74, 6) is 2.57. The molecule has 0 bridgehead atoms. The molecule has 12 heavy (non-hydrogen) atoms. The molecule has 0 aliphatic heterocycles. The van der Waals surface area contributed by atoms with Gasteiger partial charge in [-0.05, 0) is 11.1 Å². The van der Waals surface area contributed by atoms with Crippen molar-refractivity contribution in [3.05, 3.63) is 35.4 Å². The van der Waals surface area contributed by atoms with E-state index in [4.69, 9.17) is 11.7 Å². The maximum Gasteiger partial charge on any atom is 0.0669 e. The van der Waals surface area contributed by atoms with Gasteiger partial charge in [0.25, 0.3) is 0 Å². The monoisotopic (exact) mass is 155 g/mol. The summed E-state index contributed by atoms with van der Waals surface area (Å²) >= 11 is 0. The Bertz CT molecular complexity index is 308. The number of terminal acetylenes is 1. The first-order chi connectivity index (χ1) is 5.86. The molecule has 0 aliphatic carbocycles. The second kappa shape index (κ2) is 4.21. The van der Waals surface area contributed by atoms with Crippen LogP contribution in [-0.2, 0) is 12.8 Å². The fraction of sp³-hybridized carbons (Fsp3) is 0.182. The van der Waals surface area contributed by atoms with E-state index >= 15 is 0 Å². The third kappa shape index (κ3) is 2.15. The highest BCUT2D eigenvalue weighted by Gasteiger charge is 1.93. The first-order valence-electron chi connectivity index (χ1n) is 3.75. The number of benzene rings is 1. The Balaban J connectivity index is 2.84. The Labute approximate surface area is 72.6 Å². The number of nitrogens with zero attached hydrogens (tertiary/aromatic N) is 1. The highest BCUT2D eigenvalue weighted by atomic mass is 14.2. The Hall–Kier alpha value is -1.73. The first kappa shape index (κ1) is 8.37. The molecule has 0 amide bonds. The molecular formula is C11H9N. The van der Waals surface area contributed by atoms with Crippen molar-refractivity contribution in [2.24, 2.45) is 0 Å². The maximum absolute atomic E-state index is 8.45. The summed E-state index contributed by atoms with van der Waals surface area (Å²) in [5, 5.41) is 8.45. The second-order valence-electron chi connectivity index (χ2n) is 2.54. The van der Waals surface area contributed by atoms with Crippen molar-refractivity contribution in [2.75, 3.05) is 0 Å². The van der Waals surface area contributed by atoms with Crippen LogP contribution in [0.3, 0.4) is 0 Å². The lowest BCUT2D eigenvalue weighted by molar-refractivity contribution is 1.22. The van der Waals surface area contributed by atoms with Gasteiger partial charge >= 0.3 is 0 Å². The highest BCUT2D eigenvalue weighted by Crippen LogP contribution is 2.05. The van der Waals surface area contributed by atoms with Gasteiger partial charge in [-0.2, -0.15) is 5.26 Å². The van der Waals surface area contributed by atoms with E-state index in [1.54, 1.807) is 0 Å². The van der Waals surface area contributed by atoms with Gasteiger partial charge in [0.2, 0.25) is 0 Å². The van der Waals surface area contributed by atoms with Gasteiger partial charge in [-0.15, -0.1) is 12.3 Å². The van der Waals surface area contributed by atoms with Gasteiger partial charge in [-0.3, -0.25) is 0 Å². The summed E-state index contributed by atoms with van der Waals surface area (Å²) in [6.45, 7) is 0. The predicted octanol–water partition coefficient (Wildman–Crippen LogP) is 1.93. The fourth-order valence-electron chi connectivity index (χ4n) is 1.06. The summed E-state index contributed by atoms with van der Waals surface area (Å²) < 4.78 is 0. The first-order valence-corrected chi connectivity index (χ1v) is 3.75. The molecule has 0 saturated heterocycles. The van der Waals surface area contributed by atoms with Crippen molar-refractivity contribution < 1.29 is 0 Å². The summed E-state index contributed by atoms with van der Waals surface area (Å²) in [5.41, 5.74) is 2.13. The minimum absolute atomic E-state index is 0.457. The Morgan fingerprint density at radius 2 is 1.92 bits per heavy atom. The van der Waals surface area contributed by atoms with Crippen LogP contribution < -0.4 is 0 Å². The average Bonchev–Trinajstić information content (AvgIpc) is 2.06. The van der Waals surface area contributed by atoms with Crippen LogP contribution in [0.5, 0.6) is 0 Å². The number of hydrogen-bond acceptors (Lipinski definition) is 1. The third-order valence-corrected chi connectivity index (χ3v) is 1.58. The standard InChI is InChI=1S/C11H9N/c1-2-4-10-5-3-6-11(9-10)7-8-12/h1,3,5-6,9H,4,7H2. The van der Waals surface area contributed by atoms with Crippen LogP contribution in [-0.4, -0.2) is 0 Å². The van der Waals surface area contributed by atoms with Gasteiger partial charge in [0.1, 0.15) is 0 Å². The molecule has 0 atom stereocenters. The minimum atomic E-state index is 0.457. The number of nitriles is 1. The van der Waals surface area contributed by atoms with Crippen molar-refractivity contribution in [3.8, 4) is 18.4 Å². The van der Waals surface area contributed by atoms with Crippen LogP contribution in [0, 0.1) is 23.7 Å². The molecule has 1 aromatic carbocycles. The molecule has 1 rings (SSSR count). The third-order valence-electron chi connectivity index (χ3n) is 1.58. The van der Waals surface area contributed by atoms with Gasteiger partial charge in [-0.1, -0.05) is 24.3 Å². The quantitative estimate of drug-likeness (QED) is 0.598. The molecule has 1 aromatic rings. The van der Waals surface area contributed by atoms with Crippen LogP contribution in [0.4, 0.5) is 0 Å². The zero-order chi connectivity index (χ0) is 8.81. The summed E-state index contributed by atoms with van der Waals surface area (Å²) in [6, 6.07) is 9.91. The van der Waals surface area contributed by atoms with E-state index in [0.717, 1.165) is 11.1 Å². The number of rotatable bonds is 2. The van der Waals surface area contributed by atoms with Crippen LogP contribution in [0.25, 0.3) is 0 Å². The van der Waals surface area contributed by atoms with Crippen molar-refractivity contribution in [2.45, 2.75) is 12.8 Å². The predicted molar refractivity (Wildman–Crippen MR) is 48.3 cm³/mol. The Morgan fingerprint density at radius 1 is 1.25 bits per heavy atom. The zero-order valence-electron chi connectivity index (χ0n) is 6.75. The molecule has 58 valence electrons. The summed E-state index contributed by atoms with van der Waals surface area (Å²) in [6.07, 6.45) is 6.26.